The third-order valence-corrected chi connectivity index (χ3v) is 3.44. The molecule has 26 heavy (non-hydrogen) atoms. The molecule has 1 aromatic heterocycles. The lowest BCUT2D eigenvalue weighted by molar-refractivity contribution is 0.102. The summed E-state index contributed by atoms with van der Waals surface area (Å²) in [5.41, 5.74) is 0.895. The first-order valence-electron chi connectivity index (χ1n) is 7.61. The lowest BCUT2D eigenvalue weighted by Crippen LogP contribution is -2.17. The average molecular weight is 353 g/mol. The third kappa shape index (κ3) is 4.27. The van der Waals surface area contributed by atoms with E-state index in [0.29, 0.717) is 5.69 Å². The number of nitrogens with zero attached hydrogens (tertiary/aromatic N) is 1. The summed E-state index contributed by atoms with van der Waals surface area (Å²) >= 11 is 0. The molecular formula is C19H13F2N3O2. The number of amides is 2. The van der Waals surface area contributed by atoms with Crippen LogP contribution in [-0.2, 0) is 0 Å². The van der Waals surface area contributed by atoms with Crippen molar-refractivity contribution in [3.8, 4) is 0 Å². The zero-order valence-corrected chi connectivity index (χ0v) is 13.4. The van der Waals surface area contributed by atoms with Crippen molar-refractivity contribution in [3.63, 3.8) is 0 Å². The van der Waals surface area contributed by atoms with E-state index in [0.717, 1.165) is 0 Å². The van der Waals surface area contributed by atoms with Gasteiger partial charge in [-0.2, -0.15) is 0 Å². The Morgan fingerprint density at radius 3 is 2.23 bits per heavy atom. The Hall–Kier alpha value is -3.61. The summed E-state index contributed by atoms with van der Waals surface area (Å²) in [6.45, 7) is 0. The Balaban J connectivity index is 1.73. The Kier molecular flexibility index (Phi) is 4.98. The summed E-state index contributed by atoms with van der Waals surface area (Å²) in [7, 11) is 0. The van der Waals surface area contributed by atoms with Crippen molar-refractivity contribution in [2.45, 2.75) is 0 Å². The average Bonchev–Trinajstić information content (AvgIpc) is 2.64. The predicted octanol–water partition coefficient (Wildman–Crippen LogP) is 3.86. The first-order chi connectivity index (χ1) is 12.5. The van der Waals surface area contributed by atoms with E-state index < -0.39 is 23.4 Å². The maximum Gasteiger partial charge on any atom is 0.274 e. The number of aromatic nitrogens is 1. The molecule has 7 heteroatoms. The molecular weight excluding hydrogens is 340 g/mol. The van der Waals surface area contributed by atoms with Gasteiger partial charge in [-0.15, -0.1) is 0 Å². The fraction of sp³-hybridized carbons (Fsp3) is 0. The second-order valence-electron chi connectivity index (χ2n) is 5.36. The first kappa shape index (κ1) is 17.2. The van der Waals surface area contributed by atoms with E-state index >= 15 is 0 Å². The molecule has 2 N–H and O–H groups in total. The molecule has 0 unspecified atom stereocenters. The van der Waals surface area contributed by atoms with Crippen LogP contribution in [0.5, 0.6) is 0 Å². The summed E-state index contributed by atoms with van der Waals surface area (Å²) in [6, 6.07) is 13.5. The number of halogens is 2. The number of carbonyl (C=O) groups excluding carboxylic acids is 2. The number of anilines is 2. The van der Waals surface area contributed by atoms with Crippen LogP contribution in [0.4, 0.5) is 20.2 Å². The van der Waals surface area contributed by atoms with Crippen LogP contribution < -0.4 is 10.6 Å². The van der Waals surface area contributed by atoms with Gasteiger partial charge in [0.1, 0.15) is 17.3 Å². The van der Waals surface area contributed by atoms with Gasteiger partial charge in [-0.25, -0.2) is 8.78 Å². The largest absolute Gasteiger partial charge is 0.322 e. The molecule has 0 aliphatic heterocycles. The molecule has 5 nitrogen and oxygen atoms in total. The predicted molar refractivity (Wildman–Crippen MR) is 92.9 cm³/mol. The topological polar surface area (TPSA) is 71.1 Å². The fourth-order valence-electron chi connectivity index (χ4n) is 2.19. The van der Waals surface area contributed by atoms with Crippen LogP contribution in [-0.4, -0.2) is 16.8 Å². The lowest BCUT2D eigenvalue weighted by Gasteiger charge is -2.07. The van der Waals surface area contributed by atoms with E-state index in [1.165, 1.54) is 66.9 Å². The summed E-state index contributed by atoms with van der Waals surface area (Å²) in [6.07, 6.45) is 1.32. The Morgan fingerprint density at radius 1 is 0.769 bits per heavy atom. The summed E-state index contributed by atoms with van der Waals surface area (Å²) in [5.74, 6) is -1.95. The number of nitrogens with one attached hydrogen (secondary N) is 2. The van der Waals surface area contributed by atoms with E-state index in [1.54, 1.807) is 0 Å². The minimum Gasteiger partial charge on any atom is -0.322 e. The van der Waals surface area contributed by atoms with Gasteiger partial charge in [0.05, 0.1) is 0 Å². The highest BCUT2D eigenvalue weighted by Crippen LogP contribution is 2.13. The van der Waals surface area contributed by atoms with Crippen LogP contribution in [0.15, 0.2) is 66.9 Å². The van der Waals surface area contributed by atoms with Crippen molar-refractivity contribution >= 4 is 23.2 Å². The van der Waals surface area contributed by atoms with E-state index in [1.807, 2.05) is 0 Å². The Bertz CT molecular complexity index is 959. The number of hydrogen-bond donors (Lipinski definition) is 2. The van der Waals surface area contributed by atoms with Crippen molar-refractivity contribution in [3.05, 3.63) is 89.8 Å². The van der Waals surface area contributed by atoms with Gasteiger partial charge in [-0.1, -0.05) is 6.07 Å². The van der Waals surface area contributed by atoms with Crippen LogP contribution in [0.1, 0.15) is 20.8 Å². The SMILES string of the molecule is O=C(Nc1ccc(F)cc1)c1ccnc(C(=O)Nc2cccc(F)c2)c1. The standard InChI is InChI=1S/C19H13F2N3O2/c20-13-4-6-15(7-5-13)23-18(25)12-8-9-22-17(10-12)19(26)24-16-3-1-2-14(21)11-16/h1-11H,(H,23,25)(H,24,26). The highest BCUT2D eigenvalue weighted by molar-refractivity contribution is 6.07. The minimum atomic E-state index is -0.577. The van der Waals surface area contributed by atoms with E-state index in [2.05, 4.69) is 15.6 Å². The normalized spacial score (nSPS) is 10.2. The molecule has 2 aromatic carbocycles. The van der Waals surface area contributed by atoms with Crippen molar-refractivity contribution in [2.24, 2.45) is 0 Å². The summed E-state index contributed by atoms with van der Waals surface area (Å²) in [4.78, 5) is 28.4. The number of pyridine rings is 1. The molecule has 0 atom stereocenters. The van der Waals surface area contributed by atoms with Crippen LogP contribution in [0.25, 0.3) is 0 Å². The van der Waals surface area contributed by atoms with Crippen LogP contribution in [0, 0.1) is 11.6 Å². The van der Waals surface area contributed by atoms with Crippen molar-refractivity contribution < 1.29 is 18.4 Å². The lowest BCUT2D eigenvalue weighted by atomic mass is 10.2. The van der Waals surface area contributed by atoms with Gasteiger partial charge in [0, 0.05) is 23.1 Å². The second-order valence-corrected chi connectivity index (χ2v) is 5.36. The molecule has 2 amide bonds. The molecule has 0 bridgehead atoms. The van der Waals surface area contributed by atoms with E-state index in [-0.39, 0.29) is 16.9 Å². The van der Waals surface area contributed by atoms with Gasteiger partial charge >= 0.3 is 0 Å². The Labute approximate surface area is 147 Å². The third-order valence-electron chi connectivity index (χ3n) is 3.44. The Morgan fingerprint density at radius 2 is 1.50 bits per heavy atom. The first-order valence-corrected chi connectivity index (χ1v) is 7.61. The van der Waals surface area contributed by atoms with Crippen LogP contribution in [0.2, 0.25) is 0 Å². The van der Waals surface area contributed by atoms with Gasteiger partial charge in [-0.3, -0.25) is 14.6 Å². The maximum absolute atomic E-state index is 13.2. The van der Waals surface area contributed by atoms with Gasteiger partial charge in [0.25, 0.3) is 11.8 Å². The molecule has 0 saturated carbocycles. The number of benzene rings is 2. The van der Waals surface area contributed by atoms with Crippen molar-refractivity contribution in [1.82, 2.24) is 4.98 Å². The molecule has 0 aliphatic carbocycles. The molecule has 3 rings (SSSR count). The molecule has 0 aliphatic rings. The smallest absolute Gasteiger partial charge is 0.274 e. The monoisotopic (exact) mass is 353 g/mol. The van der Waals surface area contributed by atoms with Gasteiger partial charge in [0.2, 0.25) is 0 Å². The number of rotatable bonds is 4. The van der Waals surface area contributed by atoms with Gasteiger partial charge < -0.3 is 10.6 Å². The van der Waals surface area contributed by atoms with Gasteiger partial charge in [0.15, 0.2) is 0 Å². The van der Waals surface area contributed by atoms with E-state index in [9.17, 15) is 18.4 Å². The summed E-state index contributed by atoms with van der Waals surface area (Å²) in [5, 5.41) is 5.10. The minimum absolute atomic E-state index is 0.000942. The highest BCUT2D eigenvalue weighted by Gasteiger charge is 2.13. The zero-order valence-electron chi connectivity index (χ0n) is 13.4. The number of carbonyl (C=O) groups is 2. The van der Waals surface area contributed by atoms with Crippen LogP contribution >= 0.6 is 0 Å². The van der Waals surface area contributed by atoms with Crippen molar-refractivity contribution in [2.75, 3.05) is 10.6 Å². The zero-order chi connectivity index (χ0) is 18.5. The van der Waals surface area contributed by atoms with Crippen molar-refractivity contribution in [1.29, 1.82) is 0 Å². The molecule has 130 valence electrons. The fourth-order valence-corrected chi connectivity index (χ4v) is 2.19. The molecule has 0 saturated heterocycles. The van der Waals surface area contributed by atoms with E-state index in [4.69, 9.17) is 0 Å². The molecule has 1 heterocycles. The quantitative estimate of drug-likeness (QED) is 0.748. The molecule has 0 fully saturated rings. The highest BCUT2D eigenvalue weighted by atomic mass is 19.1. The molecule has 0 radical (unpaired) electrons. The summed E-state index contributed by atoms with van der Waals surface area (Å²) < 4.78 is 26.1. The van der Waals surface area contributed by atoms with Gasteiger partial charge in [-0.05, 0) is 54.6 Å². The van der Waals surface area contributed by atoms with Crippen LogP contribution in [0.3, 0.4) is 0 Å². The maximum atomic E-state index is 13.2. The molecule has 0 spiro atoms. The molecule has 3 aromatic rings. The second kappa shape index (κ2) is 7.52. The number of hydrogen-bond acceptors (Lipinski definition) is 3.